The first kappa shape index (κ1) is 38.8. The van der Waals surface area contributed by atoms with E-state index in [1.54, 1.807) is 11.3 Å². The van der Waals surface area contributed by atoms with Gasteiger partial charge in [-0.05, 0) is 36.3 Å². The summed E-state index contributed by atoms with van der Waals surface area (Å²) in [5.41, 5.74) is 4.04. The number of carboxylic acid groups (broad SMARTS) is 1. The highest BCUT2D eigenvalue weighted by Gasteiger charge is 2.44. The molecule has 48 heavy (non-hydrogen) atoms. The van der Waals surface area contributed by atoms with Crippen molar-refractivity contribution in [1.82, 2.24) is 25.8 Å². The minimum absolute atomic E-state index is 0.00712. The predicted molar refractivity (Wildman–Crippen MR) is 179 cm³/mol. The number of nitrogens with one attached hydrogen (secondary N) is 3. The molecule has 2 heterocycles. The summed E-state index contributed by atoms with van der Waals surface area (Å²) in [4.78, 5) is 56.9. The second-order valence-electron chi connectivity index (χ2n) is 12.7. The maximum atomic E-state index is 13.8. The molecule has 0 unspecified atom stereocenters. The maximum Gasteiger partial charge on any atom is 0.404 e. The van der Waals surface area contributed by atoms with Crippen molar-refractivity contribution in [1.29, 1.82) is 0 Å². The first-order valence-electron chi connectivity index (χ1n) is 16.1. The molecule has 1 saturated heterocycles. The van der Waals surface area contributed by atoms with Crippen LogP contribution < -0.4 is 16.0 Å². The summed E-state index contributed by atoms with van der Waals surface area (Å²) in [5, 5.41) is 26.8. The average molecular weight is 692 g/mol. The van der Waals surface area contributed by atoms with Crippen molar-refractivity contribution >= 4 is 35.2 Å². The van der Waals surface area contributed by atoms with Crippen LogP contribution in [-0.4, -0.2) is 115 Å². The van der Waals surface area contributed by atoms with E-state index in [0.29, 0.717) is 39.3 Å². The Morgan fingerprint density at radius 1 is 1.00 bits per heavy atom. The summed E-state index contributed by atoms with van der Waals surface area (Å²) >= 11 is 1.57. The van der Waals surface area contributed by atoms with E-state index in [0.717, 1.165) is 21.7 Å². The Morgan fingerprint density at radius 2 is 1.65 bits per heavy atom. The molecule has 4 amide bonds. The maximum absolute atomic E-state index is 13.8. The third-order valence-electron chi connectivity index (χ3n) is 7.62. The van der Waals surface area contributed by atoms with Gasteiger partial charge >= 0.3 is 6.09 Å². The highest BCUT2D eigenvalue weighted by Crippen LogP contribution is 2.28. The van der Waals surface area contributed by atoms with Crippen molar-refractivity contribution in [2.75, 3.05) is 52.7 Å². The lowest BCUT2D eigenvalue weighted by molar-refractivity contribution is -0.144. The third-order valence-corrected chi connectivity index (χ3v) is 8.60. The molecule has 0 spiro atoms. The van der Waals surface area contributed by atoms with Gasteiger partial charge in [0, 0.05) is 52.5 Å². The number of benzene rings is 1. The van der Waals surface area contributed by atoms with Gasteiger partial charge in [0.2, 0.25) is 17.7 Å². The van der Waals surface area contributed by atoms with E-state index in [1.807, 2.05) is 57.5 Å². The number of rotatable bonds is 19. The van der Waals surface area contributed by atoms with Crippen LogP contribution in [0.25, 0.3) is 10.4 Å². The molecule has 3 atom stereocenters. The summed E-state index contributed by atoms with van der Waals surface area (Å²) in [6.07, 6.45) is -0.608. The first-order chi connectivity index (χ1) is 22.9. The normalized spacial score (nSPS) is 16.8. The van der Waals surface area contributed by atoms with Gasteiger partial charge in [-0.2, -0.15) is 0 Å². The van der Waals surface area contributed by atoms with Crippen LogP contribution in [-0.2, 0) is 35.1 Å². The highest BCUT2D eigenvalue weighted by atomic mass is 32.1. The predicted octanol–water partition coefficient (Wildman–Crippen LogP) is 2.33. The molecule has 0 aliphatic carbocycles. The fraction of sp³-hybridized carbons (Fsp3) is 0.606. The largest absolute Gasteiger partial charge is 0.465 e. The summed E-state index contributed by atoms with van der Waals surface area (Å²) in [7, 11) is 0. The van der Waals surface area contributed by atoms with Crippen molar-refractivity contribution in [3.05, 3.63) is 41.0 Å². The van der Waals surface area contributed by atoms with Gasteiger partial charge in [0.1, 0.15) is 18.7 Å². The summed E-state index contributed by atoms with van der Waals surface area (Å²) in [6.45, 7) is 9.63. The molecule has 0 radical (unpaired) electrons. The second kappa shape index (κ2) is 19.4. The molecule has 1 aromatic carbocycles. The summed E-state index contributed by atoms with van der Waals surface area (Å²) in [5.74, 6) is -1.27. The van der Waals surface area contributed by atoms with E-state index in [1.165, 1.54) is 4.90 Å². The van der Waals surface area contributed by atoms with Gasteiger partial charge in [-0.25, -0.2) is 9.78 Å². The zero-order chi connectivity index (χ0) is 35.1. The zero-order valence-electron chi connectivity index (χ0n) is 28.2. The molecule has 15 heteroatoms. The van der Waals surface area contributed by atoms with Gasteiger partial charge in [-0.15, -0.1) is 11.3 Å². The van der Waals surface area contributed by atoms with Crippen molar-refractivity contribution in [2.24, 2.45) is 5.41 Å². The molecule has 1 aromatic heterocycles. The van der Waals surface area contributed by atoms with Crippen molar-refractivity contribution in [3.63, 3.8) is 0 Å². The number of carbonyl (C=O) groups is 4. The number of β-amino-alcohol motifs (C(OH)–C–C–N with tert-alkyl or cyclic N) is 1. The SMILES string of the molecule is Cc1ncsc1-c1ccc(CNC(=O)[C@H]2C[C@H](O)CN2C(=O)[C@H](NC(=O)COCCCOCCCOCCNC(=O)O)C(C)(C)C)cc1. The minimum Gasteiger partial charge on any atom is -0.465 e. The molecule has 0 saturated carbocycles. The quantitative estimate of drug-likeness (QED) is 0.137. The number of ether oxygens (including phenoxy) is 3. The Kier molecular flexibility index (Phi) is 15.7. The highest BCUT2D eigenvalue weighted by molar-refractivity contribution is 7.13. The van der Waals surface area contributed by atoms with Crippen LogP contribution in [0.2, 0.25) is 0 Å². The molecule has 14 nitrogen and oxygen atoms in total. The number of nitrogens with zero attached hydrogens (tertiary/aromatic N) is 2. The fourth-order valence-electron chi connectivity index (χ4n) is 5.11. The van der Waals surface area contributed by atoms with Gasteiger partial charge in [-0.1, -0.05) is 45.0 Å². The van der Waals surface area contributed by atoms with Gasteiger partial charge < -0.3 is 45.3 Å². The molecular formula is C33H49N5O9S. The van der Waals surface area contributed by atoms with Crippen LogP contribution in [0.5, 0.6) is 0 Å². The Bertz CT molecular complexity index is 1330. The van der Waals surface area contributed by atoms with Gasteiger partial charge in [-0.3, -0.25) is 14.4 Å². The number of likely N-dealkylation sites (tertiary alicyclic amines) is 1. The van der Waals surface area contributed by atoms with Crippen LogP contribution in [0.15, 0.2) is 29.8 Å². The molecule has 1 aliphatic rings. The van der Waals surface area contributed by atoms with E-state index < -0.39 is 41.5 Å². The summed E-state index contributed by atoms with van der Waals surface area (Å²) in [6, 6.07) is 6.03. The van der Waals surface area contributed by atoms with Gasteiger partial charge in [0.25, 0.3) is 0 Å². The number of aliphatic hydroxyl groups excluding tert-OH is 1. The van der Waals surface area contributed by atoms with E-state index >= 15 is 0 Å². The molecule has 1 aliphatic heterocycles. The van der Waals surface area contributed by atoms with Crippen molar-refractivity contribution in [3.8, 4) is 10.4 Å². The van der Waals surface area contributed by atoms with E-state index in [9.17, 15) is 24.3 Å². The second-order valence-corrected chi connectivity index (χ2v) is 13.5. The monoisotopic (exact) mass is 691 g/mol. The van der Waals surface area contributed by atoms with Crippen molar-refractivity contribution in [2.45, 2.75) is 71.7 Å². The zero-order valence-corrected chi connectivity index (χ0v) is 29.0. The van der Waals surface area contributed by atoms with Gasteiger partial charge in [0.05, 0.1) is 28.8 Å². The first-order valence-corrected chi connectivity index (χ1v) is 17.0. The van der Waals surface area contributed by atoms with Crippen LogP contribution in [0.3, 0.4) is 0 Å². The number of aliphatic hydroxyl groups is 1. The van der Waals surface area contributed by atoms with Crippen LogP contribution >= 0.6 is 11.3 Å². The number of aromatic nitrogens is 1. The number of hydrogen-bond acceptors (Lipinski definition) is 10. The number of thiazole rings is 1. The Hall–Kier alpha value is -3.63. The molecule has 5 N–H and O–H groups in total. The van der Waals surface area contributed by atoms with Gasteiger partial charge in [0.15, 0.2) is 0 Å². The smallest absolute Gasteiger partial charge is 0.404 e. The average Bonchev–Trinajstić information content (AvgIpc) is 3.65. The number of carbonyl (C=O) groups excluding carboxylic acids is 3. The van der Waals surface area contributed by atoms with Crippen LogP contribution in [0.1, 0.15) is 51.3 Å². The standard InChI is InChI=1S/C33H49N5O9S/c1-22-28(48-21-36-22)24-9-7-23(8-10-24)18-35-30(41)26-17-25(39)19-38(26)31(42)29(33(2,3)4)37-27(40)20-47-15-6-13-45-12-5-14-46-16-11-34-32(43)44/h7-10,21,25-26,29,34,39H,5-6,11-20H2,1-4H3,(H,35,41)(H,37,40)(H,43,44)/t25-,26+,29-/m0/s1. The minimum atomic E-state index is -1.08. The number of amides is 4. The molecule has 3 rings (SSSR count). The van der Waals surface area contributed by atoms with E-state index in [4.69, 9.17) is 19.3 Å². The Morgan fingerprint density at radius 3 is 2.25 bits per heavy atom. The topological polar surface area (TPSA) is 189 Å². The van der Waals surface area contributed by atoms with Crippen molar-refractivity contribution < 1.29 is 43.6 Å². The summed E-state index contributed by atoms with van der Waals surface area (Å²) < 4.78 is 16.3. The molecule has 1 fully saturated rings. The van der Waals surface area contributed by atoms with E-state index in [-0.39, 0.29) is 45.2 Å². The lowest BCUT2D eigenvalue weighted by atomic mass is 9.85. The Balaban J connectivity index is 1.41. The third kappa shape index (κ3) is 12.8. The number of hydrogen-bond donors (Lipinski definition) is 5. The molecule has 0 bridgehead atoms. The molecule has 2 aromatic rings. The number of aryl methyl sites for hydroxylation is 1. The Labute approximate surface area is 285 Å². The van der Waals surface area contributed by atoms with Crippen LogP contribution in [0.4, 0.5) is 4.79 Å². The molecular weight excluding hydrogens is 642 g/mol. The van der Waals surface area contributed by atoms with E-state index in [2.05, 4.69) is 20.9 Å². The lowest BCUT2D eigenvalue weighted by Crippen LogP contribution is -2.58. The lowest BCUT2D eigenvalue weighted by Gasteiger charge is -2.35. The van der Waals surface area contributed by atoms with Crippen LogP contribution in [0, 0.1) is 12.3 Å². The molecule has 266 valence electrons. The fourth-order valence-corrected chi connectivity index (χ4v) is 5.92.